The van der Waals surface area contributed by atoms with Gasteiger partial charge in [0.1, 0.15) is 11.8 Å². The van der Waals surface area contributed by atoms with Gasteiger partial charge in [0.15, 0.2) is 6.61 Å². The Morgan fingerprint density at radius 1 is 1.19 bits per heavy atom. The molecule has 2 aliphatic heterocycles. The molecule has 0 aromatic heterocycles. The zero-order valence-electron chi connectivity index (χ0n) is 17.1. The van der Waals surface area contributed by atoms with Crippen LogP contribution in [0.15, 0.2) is 42.5 Å². The number of amides is 2. The van der Waals surface area contributed by atoms with Gasteiger partial charge in [0.25, 0.3) is 5.91 Å². The van der Waals surface area contributed by atoms with E-state index in [2.05, 4.69) is 22.0 Å². The second kappa shape index (κ2) is 8.05. The number of hydrogen-bond acceptors (Lipinski definition) is 5. The lowest BCUT2D eigenvalue weighted by Crippen LogP contribution is -2.50. The lowest BCUT2D eigenvalue weighted by Gasteiger charge is -2.23. The van der Waals surface area contributed by atoms with Crippen LogP contribution in [0, 0.1) is 17.2 Å². The van der Waals surface area contributed by atoms with E-state index < -0.39 is 6.04 Å². The summed E-state index contributed by atoms with van der Waals surface area (Å²) in [5.74, 6) is 0.840. The minimum Gasteiger partial charge on any atom is -0.482 e. The number of carbonyl (C=O) groups is 2. The summed E-state index contributed by atoms with van der Waals surface area (Å²) in [6, 6.07) is 15.5. The molecule has 7 nitrogen and oxygen atoms in total. The number of piperidine rings is 1. The number of nitrogens with zero attached hydrogens (tertiary/aromatic N) is 1. The molecule has 2 aromatic rings. The van der Waals surface area contributed by atoms with E-state index in [-0.39, 0.29) is 24.5 Å². The van der Waals surface area contributed by atoms with Crippen LogP contribution in [0.2, 0.25) is 0 Å². The summed E-state index contributed by atoms with van der Waals surface area (Å²) < 4.78 is 5.40. The largest absolute Gasteiger partial charge is 0.482 e. The fourth-order valence-corrected chi connectivity index (χ4v) is 4.87. The number of benzene rings is 2. The monoisotopic (exact) mass is 416 g/mol. The van der Waals surface area contributed by atoms with Gasteiger partial charge in [-0.15, -0.1) is 0 Å². The highest BCUT2D eigenvalue weighted by Gasteiger charge is 2.43. The van der Waals surface area contributed by atoms with Crippen LogP contribution in [-0.4, -0.2) is 36.5 Å². The van der Waals surface area contributed by atoms with Crippen molar-refractivity contribution in [2.45, 2.75) is 43.8 Å². The van der Waals surface area contributed by atoms with Crippen LogP contribution in [0.3, 0.4) is 0 Å². The molecule has 31 heavy (non-hydrogen) atoms. The third-order valence-electron chi connectivity index (χ3n) is 6.45. The second-order valence-corrected chi connectivity index (χ2v) is 8.55. The van der Waals surface area contributed by atoms with Gasteiger partial charge in [-0.1, -0.05) is 30.3 Å². The number of nitrogens with one attached hydrogen (secondary N) is 3. The molecular weight excluding hydrogens is 392 g/mol. The van der Waals surface area contributed by atoms with Crippen molar-refractivity contribution in [2.75, 3.05) is 11.9 Å². The van der Waals surface area contributed by atoms with E-state index in [1.807, 2.05) is 42.5 Å². The fourth-order valence-electron chi connectivity index (χ4n) is 4.87. The number of rotatable bonds is 5. The molecule has 1 aliphatic carbocycles. The van der Waals surface area contributed by atoms with E-state index in [0.29, 0.717) is 29.8 Å². The van der Waals surface area contributed by atoms with Gasteiger partial charge in [0.2, 0.25) is 5.91 Å². The Kier molecular flexibility index (Phi) is 5.08. The van der Waals surface area contributed by atoms with Gasteiger partial charge in [-0.2, -0.15) is 5.26 Å². The summed E-state index contributed by atoms with van der Waals surface area (Å²) in [4.78, 5) is 24.2. The van der Waals surface area contributed by atoms with Crippen LogP contribution in [0.5, 0.6) is 5.75 Å². The zero-order valence-corrected chi connectivity index (χ0v) is 17.1. The van der Waals surface area contributed by atoms with Crippen LogP contribution in [0.4, 0.5) is 5.69 Å². The van der Waals surface area contributed by atoms with Crippen molar-refractivity contribution in [3.63, 3.8) is 0 Å². The smallest absolute Gasteiger partial charge is 0.262 e. The Morgan fingerprint density at radius 3 is 2.71 bits per heavy atom. The van der Waals surface area contributed by atoms with E-state index in [1.165, 1.54) is 0 Å². The number of ether oxygens (including phenoxy) is 1. The van der Waals surface area contributed by atoms with Gasteiger partial charge in [-0.25, -0.2) is 0 Å². The van der Waals surface area contributed by atoms with Crippen molar-refractivity contribution in [3.8, 4) is 22.9 Å². The van der Waals surface area contributed by atoms with Gasteiger partial charge in [0, 0.05) is 12.5 Å². The highest BCUT2D eigenvalue weighted by molar-refractivity contribution is 5.96. The third-order valence-corrected chi connectivity index (χ3v) is 6.45. The Labute approximate surface area is 180 Å². The average molecular weight is 416 g/mol. The van der Waals surface area contributed by atoms with E-state index >= 15 is 0 Å². The van der Waals surface area contributed by atoms with Gasteiger partial charge in [-0.3, -0.25) is 9.59 Å². The van der Waals surface area contributed by atoms with Gasteiger partial charge in [0.05, 0.1) is 17.8 Å². The lowest BCUT2D eigenvalue weighted by molar-refractivity contribution is -0.124. The van der Waals surface area contributed by atoms with Crippen molar-refractivity contribution >= 4 is 17.5 Å². The number of hydrogen-bond donors (Lipinski definition) is 3. The molecule has 1 saturated heterocycles. The molecule has 2 heterocycles. The Bertz CT molecular complexity index is 1060. The van der Waals surface area contributed by atoms with Gasteiger partial charge in [-0.05, 0) is 54.0 Å². The molecule has 0 unspecified atom stereocenters. The highest BCUT2D eigenvalue weighted by atomic mass is 16.5. The number of fused-ring (bicyclic) bond motifs is 3. The molecule has 4 atom stereocenters. The number of carbonyl (C=O) groups excluding carboxylic acids is 2. The summed E-state index contributed by atoms with van der Waals surface area (Å²) in [5, 5.41) is 18.7. The first-order valence-electron chi connectivity index (χ1n) is 10.7. The number of anilines is 1. The van der Waals surface area contributed by atoms with Crippen molar-refractivity contribution < 1.29 is 14.3 Å². The first-order valence-corrected chi connectivity index (χ1v) is 10.7. The molecule has 3 N–H and O–H groups in total. The van der Waals surface area contributed by atoms with Crippen molar-refractivity contribution in [2.24, 2.45) is 5.92 Å². The molecule has 3 aliphatic rings. The first kappa shape index (κ1) is 19.6. The number of nitriles is 1. The maximum atomic E-state index is 12.6. The molecule has 2 bridgehead atoms. The molecule has 2 fully saturated rings. The minimum atomic E-state index is -0.560. The summed E-state index contributed by atoms with van der Waals surface area (Å²) >= 11 is 0. The standard InChI is InChI=1S/C24H24N4O3/c25-12-19(27-24(30)23-17-5-7-18(10-17)26-23)9-14-1-3-15(4-2-14)16-6-8-21-20(11-16)28-22(29)13-31-21/h1-4,6,8,11,17-19,23,26H,5,7,9-10,13H2,(H,27,30)(H,28,29)/t17-,18+,19-,23-/m0/s1. The van der Waals surface area contributed by atoms with E-state index in [9.17, 15) is 14.9 Å². The van der Waals surface area contributed by atoms with Crippen LogP contribution in [0.1, 0.15) is 24.8 Å². The Balaban J connectivity index is 1.23. The van der Waals surface area contributed by atoms with Crippen LogP contribution in [-0.2, 0) is 16.0 Å². The summed E-state index contributed by atoms with van der Waals surface area (Å²) in [7, 11) is 0. The van der Waals surface area contributed by atoms with Crippen molar-refractivity contribution in [1.82, 2.24) is 10.6 Å². The summed E-state index contributed by atoms with van der Waals surface area (Å²) in [6.07, 6.45) is 3.76. The normalized spacial score (nSPS) is 24.5. The lowest BCUT2D eigenvalue weighted by atomic mass is 9.98. The maximum Gasteiger partial charge on any atom is 0.262 e. The predicted molar refractivity (Wildman–Crippen MR) is 115 cm³/mol. The van der Waals surface area contributed by atoms with E-state index in [4.69, 9.17) is 4.74 Å². The molecule has 2 aromatic carbocycles. The SMILES string of the molecule is N#C[C@H](Cc1ccc(-c2ccc3c(c2)NC(=O)CO3)cc1)NC(=O)[C@H]1N[C@@H]2CC[C@H]1C2. The van der Waals surface area contributed by atoms with Crippen LogP contribution in [0.25, 0.3) is 11.1 Å². The Hall–Kier alpha value is -3.37. The average Bonchev–Trinajstić information content (AvgIpc) is 3.42. The van der Waals surface area contributed by atoms with E-state index in [0.717, 1.165) is 36.0 Å². The minimum absolute atomic E-state index is 0.0374. The van der Waals surface area contributed by atoms with E-state index in [1.54, 1.807) is 0 Å². The molecule has 1 saturated carbocycles. The molecule has 158 valence electrons. The third kappa shape index (κ3) is 3.99. The Morgan fingerprint density at radius 2 is 2.00 bits per heavy atom. The highest BCUT2D eigenvalue weighted by Crippen LogP contribution is 2.35. The molecule has 0 radical (unpaired) electrons. The maximum absolute atomic E-state index is 12.6. The van der Waals surface area contributed by atoms with Crippen molar-refractivity contribution in [1.29, 1.82) is 5.26 Å². The van der Waals surface area contributed by atoms with Crippen LogP contribution < -0.4 is 20.7 Å². The zero-order chi connectivity index (χ0) is 21.4. The topological polar surface area (TPSA) is 103 Å². The first-order chi connectivity index (χ1) is 15.1. The molecule has 0 spiro atoms. The van der Waals surface area contributed by atoms with Gasteiger partial charge < -0.3 is 20.7 Å². The molecule has 7 heteroatoms. The second-order valence-electron chi connectivity index (χ2n) is 8.55. The van der Waals surface area contributed by atoms with Crippen LogP contribution >= 0.6 is 0 Å². The quantitative estimate of drug-likeness (QED) is 0.694. The predicted octanol–water partition coefficient (Wildman–Crippen LogP) is 2.38. The summed E-state index contributed by atoms with van der Waals surface area (Å²) in [6.45, 7) is 0.0374. The molecular formula is C24H24N4O3. The van der Waals surface area contributed by atoms with Crippen molar-refractivity contribution in [3.05, 3.63) is 48.0 Å². The molecule has 2 amide bonds. The molecule has 5 rings (SSSR count). The fraction of sp³-hybridized carbons (Fsp3) is 0.375. The summed E-state index contributed by atoms with van der Waals surface area (Å²) in [5.41, 5.74) is 3.60. The van der Waals surface area contributed by atoms with Gasteiger partial charge >= 0.3 is 0 Å².